The van der Waals surface area contributed by atoms with Crippen molar-refractivity contribution >= 4 is 23.6 Å². The number of H-pyrrole nitrogens is 1. The van der Waals surface area contributed by atoms with Crippen LogP contribution in [0.4, 0.5) is 20.7 Å². The number of non-ortho nitro benzene ring substituents is 1. The topological polar surface area (TPSA) is 174 Å². The molecule has 1 fully saturated rings. The number of halogens is 1. The number of carboxylic acid groups (broad SMARTS) is 1. The smallest absolute Gasteiger partial charge is 0.449 e. The van der Waals surface area contributed by atoms with Crippen molar-refractivity contribution in [2.24, 2.45) is 7.05 Å². The van der Waals surface area contributed by atoms with Gasteiger partial charge in [0.25, 0.3) is 11.6 Å². The van der Waals surface area contributed by atoms with E-state index in [2.05, 4.69) is 20.6 Å². The van der Waals surface area contributed by atoms with E-state index in [9.17, 15) is 24.1 Å². The Morgan fingerprint density at radius 3 is 2.85 bits per heavy atom. The van der Waals surface area contributed by atoms with Gasteiger partial charge in [0, 0.05) is 42.8 Å². The SMILES string of the molecule is Cn1nc(F)cc1C(=O)Nc1cc([C@@H]2C[C@H](c3cc([N+](=O)[O-])ccc3OC(=O)O)CO2)[nH]n1. The molecule has 33 heavy (non-hydrogen) atoms. The van der Waals surface area contributed by atoms with Gasteiger partial charge in [-0.1, -0.05) is 0 Å². The minimum atomic E-state index is -1.54. The molecule has 0 bridgehead atoms. The Morgan fingerprint density at radius 1 is 1.39 bits per heavy atom. The Bertz CT molecular complexity index is 1240. The van der Waals surface area contributed by atoms with Crippen molar-refractivity contribution in [2.45, 2.75) is 18.4 Å². The van der Waals surface area contributed by atoms with Crippen LogP contribution >= 0.6 is 0 Å². The lowest BCUT2D eigenvalue weighted by molar-refractivity contribution is -0.385. The second-order valence-electron chi connectivity index (χ2n) is 7.24. The molecule has 0 unspecified atom stereocenters. The fourth-order valence-corrected chi connectivity index (χ4v) is 3.61. The second kappa shape index (κ2) is 8.66. The molecule has 13 nitrogen and oxygen atoms in total. The van der Waals surface area contributed by atoms with E-state index in [1.54, 1.807) is 6.07 Å². The number of benzene rings is 1. The van der Waals surface area contributed by atoms with Crippen LogP contribution in [0.2, 0.25) is 0 Å². The van der Waals surface area contributed by atoms with Crippen LogP contribution < -0.4 is 10.1 Å². The highest BCUT2D eigenvalue weighted by atomic mass is 19.1. The molecule has 0 saturated carbocycles. The summed E-state index contributed by atoms with van der Waals surface area (Å²) >= 11 is 0. The quantitative estimate of drug-likeness (QED) is 0.216. The number of nitro groups is 1. The van der Waals surface area contributed by atoms with Gasteiger partial charge in [0.15, 0.2) is 5.82 Å². The maximum absolute atomic E-state index is 13.2. The molecule has 14 heteroatoms. The number of rotatable bonds is 6. The van der Waals surface area contributed by atoms with Crippen molar-refractivity contribution < 1.29 is 33.5 Å². The Labute approximate surface area is 184 Å². The Hall–Kier alpha value is -4.33. The highest BCUT2D eigenvalue weighted by molar-refractivity contribution is 6.02. The van der Waals surface area contributed by atoms with E-state index >= 15 is 0 Å². The fraction of sp³-hybridized carbons (Fsp3) is 0.263. The predicted molar refractivity (Wildman–Crippen MR) is 108 cm³/mol. The van der Waals surface area contributed by atoms with Crippen LogP contribution in [0.5, 0.6) is 5.75 Å². The molecule has 1 aliphatic heterocycles. The highest BCUT2D eigenvalue weighted by Gasteiger charge is 2.32. The van der Waals surface area contributed by atoms with Crippen molar-refractivity contribution in [1.82, 2.24) is 20.0 Å². The number of aromatic amines is 1. The van der Waals surface area contributed by atoms with Gasteiger partial charge < -0.3 is 19.9 Å². The molecule has 0 aliphatic carbocycles. The molecule has 3 N–H and O–H groups in total. The average Bonchev–Trinajstić information content (AvgIpc) is 3.47. The monoisotopic (exact) mass is 460 g/mol. The Balaban J connectivity index is 1.49. The number of carbonyl (C=O) groups excluding carboxylic acids is 1. The fourth-order valence-electron chi connectivity index (χ4n) is 3.61. The summed E-state index contributed by atoms with van der Waals surface area (Å²) in [6.07, 6.45) is -1.69. The van der Waals surface area contributed by atoms with E-state index < -0.39 is 29.0 Å². The number of anilines is 1. The zero-order valence-corrected chi connectivity index (χ0v) is 17.0. The number of hydrogen-bond donors (Lipinski definition) is 3. The van der Waals surface area contributed by atoms with Crippen LogP contribution in [-0.2, 0) is 11.8 Å². The number of amides is 1. The number of nitro benzene ring substituents is 1. The zero-order valence-electron chi connectivity index (χ0n) is 17.0. The van der Waals surface area contributed by atoms with Crippen LogP contribution in [0, 0.1) is 16.1 Å². The number of hydrogen-bond acceptors (Lipinski definition) is 8. The standard InChI is InChI=1S/C19H17FN6O7/c1-25-13(7-16(20)24-25)18(27)21-17-6-12(22-23-17)15-4-9(8-32-15)11-5-10(26(30)31)2-3-14(11)33-19(28)29/h2-3,5-7,9,15H,4,8H2,1H3,(H,28,29)(H2,21,22,23,27)/t9-,15-/m0/s1. The van der Waals surface area contributed by atoms with Crippen LogP contribution in [0.3, 0.4) is 0 Å². The molecule has 1 aliphatic rings. The summed E-state index contributed by atoms with van der Waals surface area (Å²) in [6.45, 7) is 0.150. The minimum absolute atomic E-state index is 0.00543. The van der Waals surface area contributed by atoms with Gasteiger partial charge in [-0.25, -0.2) is 4.79 Å². The van der Waals surface area contributed by atoms with Crippen LogP contribution in [-0.4, -0.2) is 48.7 Å². The zero-order chi connectivity index (χ0) is 23.7. The third-order valence-electron chi connectivity index (χ3n) is 5.11. The van der Waals surface area contributed by atoms with Crippen molar-refractivity contribution in [3.63, 3.8) is 0 Å². The first-order valence-electron chi connectivity index (χ1n) is 9.58. The molecular formula is C19H17FN6O7. The summed E-state index contributed by atoms with van der Waals surface area (Å²) in [5.41, 5.74) is 0.658. The highest BCUT2D eigenvalue weighted by Crippen LogP contribution is 2.42. The Morgan fingerprint density at radius 2 is 2.18 bits per heavy atom. The molecule has 1 amide bonds. The van der Waals surface area contributed by atoms with E-state index in [1.165, 1.54) is 19.2 Å². The minimum Gasteiger partial charge on any atom is -0.449 e. The summed E-state index contributed by atoms with van der Waals surface area (Å²) in [5, 5.41) is 32.9. The van der Waals surface area contributed by atoms with Crippen molar-refractivity contribution in [3.05, 3.63) is 63.3 Å². The first-order chi connectivity index (χ1) is 15.7. The van der Waals surface area contributed by atoms with Gasteiger partial charge in [-0.05, 0) is 12.5 Å². The van der Waals surface area contributed by atoms with E-state index in [-0.39, 0.29) is 35.5 Å². The molecular weight excluding hydrogens is 443 g/mol. The number of carbonyl (C=O) groups is 2. The molecule has 0 spiro atoms. The molecule has 0 radical (unpaired) electrons. The molecule has 3 aromatic rings. The Kier molecular flexibility index (Phi) is 5.74. The van der Waals surface area contributed by atoms with Crippen LogP contribution in [0.1, 0.15) is 40.2 Å². The first kappa shape index (κ1) is 21.9. The predicted octanol–water partition coefficient (Wildman–Crippen LogP) is 2.74. The van der Waals surface area contributed by atoms with E-state index in [4.69, 9.17) is 14.6 Å². The summed E-state index contributed by atoms with van der Waals surface area (Å²) < 4.78 is 24.8. The maximum Gasteiger partial charge on any atom is 0.511 e. The number of nitrogens with zero attached hydrogens (tertiary/aromatic N) is 4. The molecule has 3 heterocycles. The first-order valence-corrected chi connectivity index (χ1v) is 9.58. The normalized spacial score (nSPS) is 17.6. The van der Waals surface area contributed by atoms with E-state index in [0.29, 0.717) is 17.7 Å². The maximum atomic E-state index is 13.2. The number of aryl methyl sites for hydroxylation is 1. The number of aromatic nitrogens is 4. The lowest BCUT2D eigenvalue weighted by atomic mass is 9.94. The molecule has 1 aromatic carbocycles. The molecule has 4 rings (SSSR count). The van der Waals surface area contributed by atoms with Gasteiger partial charge in [0.2, 0.25) is 5.95 Å². The second-order valence-corrected chi connectivity index (χ2v) is 7.24. The third-order valence-corrected chi connectivity index (χ3v) is 5.11. The van der Waals surface area contributed by atoms with Gasteiger partial charge >= 0.3 is 6.16 Å². The molecule has 2 atom stereocenters. The largest absolute Gasteiger partial charge is 0.511 e. The number of nitrogens with one attached hydrogen (secondary N) is 2. The van der Waals surface area contributed by atoms with Gasteiger partial charge in [-0.3, -0.25) is 24.7 Å². The summed E-state index contributed by atoms with van der Waals surface area (Å²) in [7, 11) is 1.43. The van der Waals surface area contributed by atoms with Crippen molar-refractivity contribution in [1.29, 1.82) is 0 Å². The average molecular weight is 460 g/mol. The van der Waals surface area contributed by atoms with Crippen molar-refractivity contribution in [3.8, 4) is 5.75 Å². The number of ether oxygens (including phenoxy) is 2. The molecule has 172 valence electrons. The lowest BCUT2D eigenvalue weighted by Crippen LogP contribution is -2.16. The van der Waals surface area contributed by atoms with Crippen molar-refractivity contribution in [2.75, 3.05) is 11.9 Å². The van der Waals surface area contributed by atoms with E-state index in [1.807, 2.05) is 0 Å². The lowest BCUT2D eigenvalue weighted by Gasteiger charge is -2.13. The van der Waals surface area contributed by atoms with Gasteiger partial charge in [0.1, 0.15) is 11.4 Å². The molecule has 2 aromatic heterocycles. The molecule has 1 saturated heterocycles. The van der Waals surface area contributed by atoms with Gasteiger partial charge in [-0.2, -0.15) is 9.49 Å². The summed E-state index contributed by atoms with van der Waals surface area (Å²) in [6, 6.07) is 6.19. The van der Waals surface area contributed by atoms with Crippen LogP contribution in [0.15, 0.2) is 30.3 Å². The van der Waals surface area contributed by atoms with Gasteiger partial charge in [0.05, 0.1) is 23.3 Å². The third kappa shape index (κ3) is 4.64. The van der Waals surface area contributed by atoms with Gasteiger partial charge in [-0.15, -0.1) is 5.10 Å². The summed E-state index contributed by atoms with van der Waals surface area (Å²) in [5.74, 6) is -1.62. The summed E-state index contributed by atoms with van der Waals surface area (Å²) in [4.78, 5) is 33.8. The van der Waals surface area contributed by atoms with E-state index in [0.717, 1.165) is 16.8 Å². The van der Waals surface area contributed by atoms with Crippen LogP contribution in [0.25, 0.3) is 0 Å².